The number of nitrogens with zero attached hydrogens (tertiary/aromatic N) is 4. The number of aromatic nitrogens is 1. The SMILES string of the molecule is CN=C(NCC1(NC(C)c2ccccc2)CCCC1)N1CCN(Cc2ccon2)CC1.I. The van der Waals surface area contributed by atoms with Crippen molar-refractivity contribution in [1.29, 1.82) is 0 Å². The Bertz CT molecular complexity index is 814. The van der Waals surface area contributed by atoms with Crippen LogP contribution in [0.5, 0.6) is 0 Å². The van der Waals surface area contributed by atoms with Crippen molar-refractivity contribution in [3.63, 3.8) is 0 Å². The number of piperazine rings is 1. The van der Waals surface area contributed by atoms with E-state index in [-0.39, 0.29) is 29.5 Å². The summed E-state index contributed by atoms with van der Waals surface area (Å²) >= 11 is 0. The first-order chi connectivity index (χ1) is 15.2. The van der Waals surface area contributed by atoms with Crippen LogP contribution < -0.4 is 10.6 Å². The minimum atomic E-state index is 0. The minimum Gasteiger partial charge on any atom is -0.364 e. The summed E-state index contributed by atoms with van der Waals surface area (Å²) in [6.07, 6.45) is 6.63. The van der Waals surface area contributed by atoms with Gasteiger partial charge in [0.05, 0.1) is 5.69 Å². The molecule has 2 fully saturated rings. The monoisotopic (exact) mass is 552 g/mol. The molecule has 1 aliphatic carbocycles. The van der Waals surface area contributed by atoms with Crippen LogP contribution in [0.25, 0.3) is 0 Å². The predicted octanol–water partition coefficient (Wildman–Crippen LogP) is 3.65. The van der Waals surface area contributed by atoms with Gasteiger partial charge < -0.3 is 20.1 Å². The van der Waals surface area contributed by atoms with Crippen molar-refractivity contribution in [3.8, 4) is 0 Å². The lowest BCUT2D eigenvalue weighted by Gasteiger charge is -2.39. The van der Waals surface area contributed by atoms with Crippen molar-refractivity contribution < 1.29 is 4.52 Å². The summed E-state index contributed by atoms with van der Waals surface area (Å²) in [5, 5.41) is 11.7. The molecule has 1 aromatic carbocycles. The fourth-order valence-corrected chi connectivity index (χ4v) is 4.95. The largest absolute Gasteiger partial charge is 0.364 e. The number of halogens is 1. The smallest absolute Gasteiger partial charge is 0.193 e. The lowest BCUT2D eigenvalue weighted by Crippen LogP contribution is -2.57. The number of guanidine groups is 1. The molecule has 0 bridgehead atoms. The summed E-state index contributed by atoms with van der Waals surface area (Å²) in [4.78, 5) is 9.40. The van der Waals surface area contributed by atoms with Crippen LogP contribution in [0.3, 0.4) is 0 Å². The average Bonchev–Trinajstić information content (AvgIpc) is 3.48. The molecule has 1 aromatic heterocycles. The van der Waals surface area contributed by atoms with Crippen molar-refractivity contribution in [2.75, 3.05) is 39.8 Å². The Hall–Kier alpha value is -1.65. The Balaban J connectivity index is 0.00000289. The molecule has 1 aliphatic heterocycles. The van der Waals surface area contributed by atoms with Crippen LogP contribution in [0.1, 0.15) is 49.9 Å². The molecule has 1 saturated heterocycles. The second-order valence-corrected chi connectivity index (χ2v) is 8.92. The van der Waals surface area contributed by atoms with Gasteiger partial charge in [0.15, 0.2) is 5.96 Å². The van der Waals surface area contributed by atoms with E-state index in [4.69, 9.17) is 4.52 Å². The van der Waals surface area contributed by atoms with Gasteiger partial charge in [-0.15, -0.1) is 24.0 Å². The second-order valence-electron chi connectivity index (χ2n) is 8.92. The highest BCUT2D eigenvalue weighted by Gasteiger charge is 2.35. The molecule has 176 valence electrons. The highest BCUT2D eigenvalue weighted by atomic mass is 127. The van der Waals surface area contributed by atoms with Crippen LogP contribution in [-0.4, -0.2) is 66.2 Å². The van der Waals surface area contributed by atoms with E-state index in [0.717, 1.165) is 50.9 Å². The zero-order chi connectivity index (χ0) is 21.5. The van der Waals surface area contributed by atoms with E-state index in [9.17, 15) is 0 Å². The molecule has 7 nitrogen and oxygen atoms in total. The third kappa shape index (κ3) is 6.45. The van der Waals surface area contributed by atoms with E-state index in [1.165, 1.54) is 31.2 Å². The minimum absolute atomic E-state index is 0. The van der Waals surface area contributed by atoms with Crippen LogP contribution in [0.4, 0.5) is 0 Å². The van der Waals surface area contributed by atoms with Crippen LogP contribution in [-0.2, 0) is 6.54 Å². The Morgan fingerprint density at radius 3 is 2.47 bits per heavy atom. The fourth-order valence-electron chi connectivity index (χ4n) is 4.95. The molecule has 0 radical (unpaired) electrons. The Labute approximate surface area is 209 Å². The van der Waals surface area contributed by atoms with E-state index in [1.807, 2.05) is 13.1 Å². The molecule has 32 heavy (non-hydrogen) atoms. The summed E-state index contributed by atoms with van der Waals surface area (Å²) in [5.41, 5.74) is 2.47. The number of aliphatic imine (C=N–C) groups is 1. The first kappa shape index (κ1) is 25.0. The molecule has 1 atom stereocenters. The number of benzene rings is 1. The predicted molar refractivity (Wildman–Crippen MR) is 139 cm³/mol. The van der Waals surface area contributed by atoms with Gasteiger partial charge in [-0.05, 0) is 25.3 Å². The van der Waals surface area contributed by atoms with Gasteiger partial charge in [-0.2, -0.15) is 0 Å². The van der Waals surface area contributed by atoms with Crippen LogP contribution >= 0.6 is 24.0 Å². The number of rotatable bonds is 7. The maximum absolute atomic E-state index is 4.96. The van der Waals surface area contributed by atoms with Gasteiger partial charge in [-0.1, -0.05) is 48.3 Å². The highest BCUT2D eigenvalue weighted by molar-refractivity contribution is 14.0. The summed E-state index contributed by atoms with van der Waals surface area (Å²) in [5.74, 6) is 1.02. The zero-order valence-corrected chi connectivity index (χ0v) is 21.6. The topological polar surface area (TPSA) is 68.9 Å². The first-order valence-electron chi connectivity index (χ1n) is 11.6. The molecule has 1 saturated carbocycles. The van der Waals surface area contributed by atoms with Crippen LogP contribution in [0.15, 0.2) is 52.2 Å². The molecule has 2 N–H and O–H groups in total. The van der Waals surface area contributed by atoms with Gasteiger partial charge in [0.25, 0.3) is 0 Å². The summed E-state index contributed by atoms with van der Waals surface area (Å²) in [6.45, 7) is 7.98. The van der Waals surface area contributed by atoms with Gasteiger partial charge in [0.1, 0.15) is 6.26 Å². The molecule has 2 aromatic rings. The van der Waals surface area contributed by atoms with E-state index < -0.39 is 0 Å². The Morgan fingerprint density at radius 1 is 1.12 bits per heavy atom. The number of hydrogen-bond donors (Lipinski definition) is 2. The first-order valence-corrected chi connectivity index (χ1v) is 11.6. The van der Waals surface area contributed by atoms with Crippen molar-refractivity contribution in [1.82, 2.24) is 25.6 Å². The molecule has 8 heteroatoms. The summed E-state index contributed by atoms with van der Waals surface area (Å²) in [7, 11) is 1.89. The van der Waals surface area contributed by atoms with Crippen molar-refractivity contribution in [3.05, 3.63) is 53.9 Å². The third-order valence-electron chi connectivity index (χ3n) is 6.73. The third-order valence-corrected chi connectivity index (χ3v) is 6.73. The molecular weight excluding hydrogens is 515 g/mol. The maximum Gasteiger partial charge on any atom is 0.193 e. The van der Waals surface area contributed by atoms with Gasteiger partial charge in [-0.25, -0.2) is 0 Å². The molecular formula is C24H37IN6O. The maximum atomic E-state index is 4.96. The van der Waals surface area contributed by atoms with Crippen molar-refractivity contribution >= 4 is 29.9 Å². The molecule has 1 unspecified atom stereocenters. The summed E-state index contributed by atoms with van der Waals surface area (Å²) < 4.78 is 4.96. The molecule has 2 aliphatic rings. The Kier molecular flexibility index (Phi) is 9.36. The molecule has 4 rings (SSSR count). The van der Waals surface area contributed by atoms with Crippen molar-refractivity contribution in [2.24, 2.45) is 4.99 Å². The van der Waals surface area contributed by atoms with Crippen LogP contribution in [0, 0.1) is 0 Å². The number of nitrogens with one attached hydrogen (secondary N) is 2. The second kappa shape index (κ2) is 12.0. The zero-order valence-electron chi connectivity index (χ0n) is 19.3. The highest BCUT2D eigenvalue weighted by Crippen LogP contribution is 2.32. The fraction of sp³-hybridized carbons (Fsp3) is 0.583. The van der Waals surface area contributed by atoms with E-state index in [1.54, 1.807) is 6.26 Å². The average molecular weight is 553 g/mol. The standard InChI is InChI=1S/C24H36N6O.HI/c1-20(21-8-4-3-5-9-21)27-24(11-6-7-12-24)19-26-23(25-2)30-15-13-29(14-16-30)18-22-10-17-31-28-22;/h3-5,8-10,17,20,27H,6-7,11-16,18-19H2,1-2H3,(H,25,26);1H. The van der Waals surface area contributed by atoms with Crippen LogP contribution in [0.2, 0.25) is 0 Å². The van der Waals surface area contributed by atoms with E-state index in [2.05, 4.69) is 67.8 Å². The molecule has 0 spiro atoms. The number of hydrogen-bond acceptors (Lipinski definition) is 5. The van der Waals surface area contributed by atoms with Gasteiger partial charge >= 0.3 is 0 Å². The van der Waals surface area contributed by atoms with Gasteiger partial charge in [0.2, 0.25) is 0 Å². The normalized spacial score (nSPS) is 20.1. The van der Waals surface area contributed by atoms with Crippen molar-refractivity contribution in [2.45, 2.75) is 50.7 Å². The van der Waals surface area contributed by atoms with Gasteiger partial charge in [0, 0.05) is 64.0 Å². The molecule has 0 amide bonds. The Morgan fingerprint density at radius 2 is 1.84 bits per heavy atom. The lowest BCUT2D eigenvalue weighted by atomic mass is 9.94. The van der Waals surface area contributed by atoms with Gasteiger partial charge in [-0.3, -0.25) is 9.89 Å². The van der Waals surface area contributed by atoms with E-state index >= 15 is 0 Å². The molecule has 2 heterocycles. The quantitative estimate of drug-likeness (QED) is 0.311. The summed E-state index contributed by atoms with van der Waals surface area (Å²) in [6, 6.07) is 13.0. The van der Waals surface area contributed by atoms with E-state index in [0.29, 0.717) is 6.04 Å². The lowest BCUT2D eigenvalue weighted by molar-refractivity contribution is 0.168.